The Morgan fingerprint density at radius 1 is 1.26 bits per heavy atom. The zero-order valence-corrected chi connectivity index (χ0v) is 14.0. The van der Waals surface area contributed by atoms with E-state index < -0.39 is 24.4 Å². The first kappa shape index (κ1) is 18.2. The van der Waals surface area contributed by atoms with E-state index in [-0.39, 0.29) is 23.0 Å². The molecule has 138 valence electrons. The molecule has 2 aromatic carbocycles. The monoisotopic (exact) mass is 369 g/mol. The van der Waals surface area contributed by atoms with Crippen LogP contribution in [0.4, 0.5) is 10.1 Å². The highest BCUT2D eigenvalue weighted by molar-refractivity contribution is 6.11. The van der Waals surface area contributed by atoms with Gasteiger partial charge in [-0.3, -0.25) is 10.2 Å². The summed E-state index contributed by atoms with van der Waals surface area (Å²) >= 11 is 0. The van der Waals surface area contributed by atoms with E-state index in [1.165, 1.54) is 12.1 Å². The van der Waals surface area contributed by atoms with Gasteiger partial charge in [0.15, 0.2) is 0 Å². The summed E-state index contributed by atoms with van der Waals surface area (Å²) in [5, 5.41) is 24.0. The molecule has 1 heterocycles. The number of nitrogens with zero attached hydrogens (tertiary/aromatic N) is 2. The lowest BCUT2D eigenvalue weighted by Gasteiger charge is -2.12. The smallest absolute Gasteiger partial charge is 0.251 e. The molecule has 0 aliphatic carbocycles. The topological polar surface area (TPSA) is 138 Å². The number of carbonyl (C=O) groups excluding carboxylic acids is 1. The quantitative estimate of drug-likeness (QED) is 0.385. The molecule has 0 bridgehead atoms. The van der Waals surface area contributed by atoms with Gasteiger partial charge in [-0.15, -0.1) is 0 Å². The molecule has 1 unspecified atom stereocenters. The largest absolute Gasteiger partial charge is 0.398 e. The van der Waals surface area contributed by atoms with Gasteiger partial charge in [0.1, 0.15) is 17.6 Å². The zero-order chi connectivity index (χ0) is 19.4. The molecular formula is C18H16FN5O3. The first-order valence-corrected chi connectivity index (χ1v) is 7.94. The number of aliphatic hydroxyl groups excluding tert-OH is 1. The molecule has 1 amide bonds. The van der Waals surface area contributed by atoms with Crippen LogP contribution < -0.4 is 11.1 Å². The average Bonchev–Trinajstić information content (AvgIpc) is 3.16. The summed E-state index contributed by atoms with van der Waals surface area (Å²) in [4.78, 5) is 16.3. The summed E-state index contributed by atoms with van der Waals surface area (Å²) < 4.78 is 18.0. The Morgan fingerprint density at radius 2 is 1.96 bits per heavy atom. The number of anilines is 1. The SMILES string of the molecule is N=C(c1noc(C(CO)NC(=O)c2ccc(F)cc2)n1)c1ccccc1N. The Kier molecular flexibility index (Phi) is 5.23. The van der Waals surface area contributed by atoms with Crippen molar-refractivity contribution in [2.24, 2.45) is 0 Å². The Labute approximate surface area is 153 Å². The van der Waals surface area contributed by atoms with E-state index in [0.29, 0.717) is 11.3 Å². The number of aromatic nitrogens is 2. The van der Waals surface area contributed by atoms with E-state index in [9.17, 15) is 14.3 Å². The third-order valence-corrected chi connectivity index (χ3v) is 3.79. The Hall–Kier alpha value is -3.59. The van der Waals surface area contributed by atoms with Crippen molar-refractivity contribution in [3.63, 3.8) is 0 Å². The van der Waals surface area contributed by atoms with E-state index in [1.54, 1.807) is 24.3 Å². The minimum atomic E-state index is -0.982. The molecule has 0 saturated carbocycles. The van der Waals surface area contributed by atoms with E-state index in [4.69, 9.17) is 15.7 Å². The van der Waals surface area contributed by atoms with E-state index in [0.717, 1.165) is 12.1 Å². The third-order valence-electron chi connectivity index (χ3n) is 3.79. The van der Waals surface area contributed by atoms with Gasteiger partial charge in [0.05, 0.1) is 6.61 Å². The number of hydrogen-bond acceptors (Lipinski definition) is 7. The number of para-hydroxylation sites is 1. The number of hydrogen-bond donors (Lipinski definition) is 4. The second-order valence-electron chi connectivity index (χ2n) is 5.63. The van der Waals surface area contributed by atoms with Crippen LogP contribution in [0.5, 0.6) is 0 Å². The minimum Gasteiger partial charge on any atom is -0.398 e. The van der Waals surface area contributed by atoms with Crippen LogP contribution in [-0.2, 0) is 0 Å². The van der Waals surface area contributed by atoms with Crippen molar-refractivity contribution in [2.75, 3.05) is 12.3 Å². The van der Waals surface area contributed by atoms with Crippen LogP contribution in [0, 0.1) is 11.2 Å². The number of benzene rings is 2. The van der Waals surface area contributed by atoms with Gasteiger partial charge in [-0.25, -0.2) is 4.39 Å². The van der Waals surface area contributed by atoms with Crippen LogP contribution >= 0.6 is 0 Å². The van der Waals surface area contributed by atoms with E-state index in [2.05, 4.69) is 15.5 Å². The van der Waals surface area contributed by atoms with E-state index >= 15 is 0 Å². The fourth-order valence-electron chi connectivity index (χ4n) is 2.35. The number of nitrogens with one attached hydrogen (secondary N) is 2. The molecule has 8 nitrogen and oxygen atoms in total. The molecule has 27 heavy (non-hydrogen) atoms. The predicted octanol–water partition coefficient (Wildman–Crippen LogP) is 1.67. The molecule has 9 heteroatoms. The summed E-state index contributed by atoms with van der Waals surface area (Å²) in [6.07, 6.45) is 0. The van der Waals surface area contributed by atoms with Gasteiger partial charge in [-0.2, -0.15) is 4.98 Å². The molecule has 0 radical (unpaired) electrons. The number of aliphatic hydroxyl groups is 1. The minimum absolute atomic E-state index is 0.0302. The Bertz CT molecular complexity index is 971. The molecular weight excluding hydrogens is 353 g/mol. The molecule has 0 saturated heterocycles. The third kappa shape index (κ3) is 3.98. The molecule has 1 atom stereocenters. The number of halogens is 1. The maximum atomic E-state index is 13.0. The van der Waals surface area contributed by atoms with Crippen LogP contribution in [0.2, 0.25) is 0 Å². The first-order valence-electron chi connectivity index (χ1n) is 7.94. The summed E-state index contributed by atoms with van der Waals surface area (Å²) in [5.74, 6) is -1.11. The predicted molar refractivity (Wildman–Crippen MR) is 94.8 cm³/mol. The van der Waals surface area contributed by atoms with Gasteiger partial charge in [-0.05, 0) is 30.3 Å². The zero-order valence-electron chi connectivity index (χ0n) is 14.0. The van der Waals surface area contributed by atoms with Crippen molar-refractivity contribution >= 4 is 17.3 Å². The van der Waals surface area contributed by atoms with Crippen LogP contribution in [0.15, 0.2) is 53.1 Å². The van der Waals surface area contributed by atoms with Crippen molar-refractivity contribution in [3.05, 3.63) is 77.2 Å². The van der Waals surface area contributed by atoms with Crippen LogP contribution in [0.3, 0.4) is 0 Å². The van der Waals surface area contributed by atoms with Crippen molar-refractivity contribution in [1.29, 1.82) is 5.41 Å². The van der Waals surface area contributed by atoms with Crippen molar-refractivity contribution < 1.29 is 18.8 Å². The van der Waals surface area contributed by atoms with E-state index in [1.807, 2.05) is 0 Å². The van der Waals surface area contributed by atoms with Crippen molar-refractivity contribution in [2.45, 2.75) is 6.04 Å². The molecule has 3 rings (SSSR count). The number of amides is 1. The molecule has 5 N–H and O–H groups in total. The fraction of sp³-hybridized carbons (Fsp3) is 0.111. The standard InChI is InChI=1S/C18H16FN5O3/c19-11-7-5-10(6-8-11)17(26)22-14(9-25)18-23-16(24-27-18)15(21)12-3-1-2-4-13(12)20/h1-8,14,21,25H,9,20H2,(H,22,26). The lowest BCUT2D eigenvalue weighted by molar-refractivity contribution is 0.0901. The molecule has 0 fully saturated rings. The number of nitrogens with two attached hydrogens (primary N) is 1. The summed E-state index contributed by atoms with van der Waals surface area (Å²) in [6, 6.07) is 10.7. The summed E-state index contributed by atoms with van der Waals surface area (Å²) in [6.45, 7) is -0.505. The molecule has 0 aliphatic rings. The van der Waals surface area contributed by atoms with Crippen molar-refractivity contribution in [3.8, 4) is 0 Å². The molecule has 0 aliphatic heterocycles. The van der Waals surface area contributed by atoms with Crippen LogP contribution in [-0.4, -0.2) is 33.5 Å². The molecule has 0 spiro atoms. The average molecular weight is 369 g/mol. The van der Waals surface area contributed by atoms with Gasteiger partial charge in [-0.1, -0.05) is 23.4 Å². The van der Waals surface area contributed by atoms with Gasteiger partial charge in [0, 0.05) is 16.8 Å². The lowest BCUT2D eigenvalue weighted by atomic mass is 10.1. The van der Waals surface area contributed by atoms with Gasteiger partial charge >= 0.3 is 0 Å². The highest BCUT2D eigenvalue weighted by atomic mass is 19.1. The Morgan fingerprint density at radius 3 is 2.63 bits per heavy atom. The number of carbonyl (C=O) groups is 1. The summed E-state index contributed by atoms with van der Waals surface area (Å²) in [7, 11) is 0. The fourth-order valence-corrected chi connectivity index (χ4v) is 2.35. The highest BCUT2D eigenvalue weighted by Crippen LogP contribution is 2.17. The second-order valence-corrected chi connectivity index (χ2v) is 5.63. The molecule has 3 aromatic rings. The molecule has 1 aromatic heterocycles. The second kappa shape index (κ2) is 7.75. The van der Waals surface area contributed by atoms with Crippen LogP contribution in [0.1, 0.15) is 33.7 Å². The lowest BCUT2D eigenvalue weighted by Crippen LogP contribution is -2.31. The van der Waals surface area contributed by atoms with Gasteiger partial charge < -0.3 is 20.7 Å². The number of rotatable bonds is 6. The number of nitrogen functional groups attached to an aromatic ring is 1. The highest BCUT2D eigenvalue weighted by Gasteiger charge is 2.23. The maximum absolute atomic E-state index is 13.0. The van der Waals surface area contributed by atoms with Gasteiger partial charge in [0.2, 0.25) is 5.82 Å². The van der Waals surface area contributed by atoms with Crippen molar-refractivity contribution in [1.82, 2.24) is 15.5 Å². The maximum Gasteiger partial charge on any atom is 0.251 e. The van der Waals surface area contributed by atoms with Crippen LogP contribution in [0.25, 0.3) is 0 Å². The normalized spacial score (nSPS) is 11.8. The summed E-state index contributed by atoms with van der Waals surface area (Å²) in [5.41, 5.74) is 6.82. The first-order chi connectivity index (χ1) is 13.0. The Balaban J connectivity index is 1.77. The van der Waals surface area contributed by atoms with Gasteiger partial charge in [0.25, 0.3) is 11.8 Å².